The van der Waals surface area contributed by atoms with Gasteiger partial charge in [0, 0.05) is 18.7 Å². The number of carboxylic acids is 1. The molecule has 0 spiro atoms. The number of phenolic OH excluding ortho intramolecular Hbond substituents is 1. The van der Waals surface area contributed by atoms with Gasteiger partial charge >= 0.3 is 5.97 Å². The third-order valence-electron chi connectivity index (χ3n) is 5.15. The first kappa shape index (κ1) is 26.2. The molecule has 3 rings (SSSR count). The van der Waals surface area contributed by atoms with Gasteiger partial charge in [0.2, 0.25) is 5.91 Å². The van der Waals surface area contributed by atoms with E-state index in [0.29, 0.717) is 5.56 Å². The van der Waals surface area contributed by atoms with E-state index in [1.165, 1.54) is 30.3 Å². The summed E-state index contributed by atoms with van der Waals surface area (Å²) in [4.78, 5) is 48.8. The lowest BCUT2D eigenvalue weighted by molar-refractivity contribution is -0.139. The van der Waals surface area contributed by atoms with Crippen LogP contribution in [0.5, 0.6) is 5.75 Å². The predicted molar refractivity (Wildman–Crippen MR) is 133 cm³/mol. The van der Waals surface area contributed by atoms with E-state index >= 15 is 0 Å². The van der Waals surface area contributed by atoms with Crippen molar-refractivity contribution in [1.29, 1.82) is 0 Å². The lowest BCUT2D eigenvalue weighted by Crippen LogP contribution is -2.48. The molecule has 186 valence electrons. The highest BCUT2D eigenvalue weighted by Crippen LogP contribution is 2.19. The fraction of sp³-hybridized carbons (Fsp3) is 0.154. The van der Waals surface area contributed by atoms with Crippen LogP contribution in [0, 0.1) is 0 Å². The summed E-state index contributed by atoms with van der Waals surface area (Å²) < 4.78 is 0. The first-order valence-corrected chi connectivity index (χ1v) is 11.3. The molecule has 0 aliphatic heterocycles. The number of carbonyl (C=O) groups is 4. The number of amides is 3. The molecule has 0 unspecified atom stereocenters. The highest BCUT2D eigenvalue weighted by atomic mass is 35.5. The lowest BCUT2D eigenvalue weighted by atomic mass is 10.1. The Bertz CT molecular complexity index is 1270. The number of nitrogens with one attached hydrogen (secondary N) is 3. The average Bonchev–Trinajstić information content (AvgIpc) is 2.85. The van der Waals surface area contributed by atoms with Gasteiger partial charge in [-0.25, -0.2) is 4.79 Å². The van der Waals surface area contributed by atoms with E-state index in [1.54, 1.807) is 36.4 Å². The monoisotopic (exact) mass is 509 g/mol. The molecular formula is C26H24ClN3O6. The molecule has 0 saturated carbocycles. The number of hydrogen-bond acceptors (Lipinski definition) is 5. The molecule has 0 fully saturated rings. The van der Waals surface area contributed by atoms with Crippen LogP contribution in [0.15, 0.2) is 72.8 Å². The van der Waals surface area contributed by atoms with Crippen LogP contribution in [-0.2, 0) is 22.6 Å². The fourth-order valence-electron chi connectivity index (χ4n) is 3.29. The van der Waals surface area contributed by atoms with Gasteiger partial charge in [-0.05, 0) is 41.5 Å². The highest BCUT2D eigenvalue weighted by molar-refractivity contribution is 6.34. The van der Waals surface area contributed by atoms with Crippen molar-refractivity contribution in [2.45, 2.75) is 19.0 Å². The second kappa shape index (κ2) is 12.4. The van der Waals surface area contributed by atoms with E-state index in [1.807, 2.05) is 6.07 Å². The van der Waals surface area contributed by atoms with Gasteiger partial charge in [-0.15, -0.1) is 0 Å². The van der Waals surface area contributed by atoms with Crippen molar-refractivity contribution < 1.29 is 29.4 Å². The number of rotatable bonds is 10. The zero-order chi connectivity index (χ0) is 26.1. The number of aromatic hydroxyl groups is 1. The van der Waals surface area contributed by atoms with Crippen LogP contribution in [0.1, 0.15) is 31.8 Å². The third kappa shape index (κ3) is 7.57. The maximum Gasteiger partial charge on any atom is 0.328 e. The van der Waals surface area contributed by atoms with Gasteiger partial charge < -0.3 is 26.2 Å². The van der Waals surface area contributed by atoms with Gasteiger partial charge in [0.25, 0.3) is 11.8 Å². The summed E-state index contributed by atoms with van der Waals surface area (Å²) in [6.45, 7) is -0.150. The summed E-state index contributed by atoms with van der Waals surface area (Å²) in [5.74, 6) is -2.85. The maximum absolute atomic E-state index is 12.6. The Hall–Kier alpha value is -4.37. The van der Waals surface area contributed by atoms with Gasteiger partial charge in [-0.3, -0.25) is 14.4 Å². The van der Waals surface area contributed by atoms with Crippen LogP contribution < -0.4 is 16.0 Å². The quantitative estimate of drug-likeness (QED) is 0.284. The van der Waals surface area contributed by atoms with Crippen LogP contribution in [0.3, 0.4) is 0 Å². The number of halogens is 1. The molecule has 0 aliphatic rings. The van der Waals surface area contributed by atoms with Crippen molar-refractivity contribution in [3.63, 3.8) is 0 Å². The van der Waals surface area contributed by atoms with Crippen molar-refractivity contribution >= 4 is 35.3 Å². The Morgan fingerprint density at radius 1 is 0.833 bits per heavy atom. The standard InChI is InChI=1S/C26H24ClN3O6/c27-21-13-18(24(33)29-14-17-7-4-8-19(31)11-17)9-10-20(21)25(34)30-22(26(35)36)15-28-23(32)12-16-5-2-1-3-6-16/h1-11,13,22,31H,12,14-15H2,(H,28,32)(H,29,33)(H,30,34)(H,35,36)/t22-/m0/s1. The molecule has 5 N–H and O–H groups in total. The molecule has 3 aromatic rings. The van der Waals surface area contributed by atoms with Crippen LogP contribution in [-0.4, -0.2) is 46.5 Å². The van der Waals surface area contributed by atoms with Gasteiger partial charge in [-0.1, -0.05) is 54.1 Å². The summed E-state index contributed by atoms with van der Waals surface area (Å²) in [5.41, 5.74) is 1.63. The van der Waals surface area contributed by atoms with Crippen molar-refractivity contribution in [1.82, 2.24) is 16.0 Å². The molecule has 36 heavy (non-hydrogen) atoms. The number of phenols is 1. The van der Waals surface area contributed by atoms with E-state index < -0.39 is 23.8 Å². The third-order valence-corrected chi connectivity index (χ3v) is 5.47. The zero-order valence-electron chi connectivity index (χ0n) is 19.0. The largest absolute Gasteiger partial charge is 0.508 e. The van der Waals surface area contributed by atoms with Gasteiger partial charge in [0.1, 0.15) is 11.8 Å². The minimum atomic E-state index is -1.39. The van der Waals surface area contributed by atoms with Gasteiger partial charge in [0.15, 0.2) is 0 Å². The van der Waals surface area contributed by atoms with Crippen LogP contribution in [0.25, 0.3) is 0 Å². The van der Waals surface area contributed by atoms with Crippen LogP contribution in [0.4, 0.5) is 0 Å². The second-order valence-corrected chi connectivity index (χ2v) is 8.29. The summed E-state index contributed by atoms with van der Waals surface area (Å²) >= 11 is 6.20. The molecule has 0 bridgehead atoms. The number of aliphatic carboxylic acids is 1. The topological polar surface area (TPSA) is 145 Å². The SMILES string of the molecule is O=C(Cc1ccccc1)NC[C@H](NC(=O)c1ccc(C(=O)NCc2cccc(O)c2)cc1Cl)C(=O)O. The van der Waals surface area contributed by atoms with Crippen molar-refractivity contribution in [2.75, 3.05) is 6.54 Å². The molecule has 0 aromatic heterocycles. The lowest BCUT2D eigenvalue weighted by Gasteiger charge is -2.16. The molecule has 3 aromatic carbocycles. The van der Waals surface area contributed by atoms with Gasteiger partial charge in [0.05, 0.1) is 17.0 Å². The average molecular weight is 510 g/mol. The Labute approximate surface area is 212 Å². The molecule has 0 heterocycles. The Morgan fingerprint density at radius 2 is 1.56 bits per heavy atom. The van der Waals surface area contributed by atoms with Crippen LogP contribution >= 0.6 is 11.6 Å². The Kier molecular flexibility index (Phi) is 9.01. The first-order valence-electron chi connectivity index (χ1n) is 10.9. The summed E-state index contributed by atoms with van der Waals surface area (Å²) in [5, 5.41) is 26.4. The van der Waals surface area contributed by atoms with E-state index in [0.717, 1.165) is 5.56 Å². The fourth-order valence-corrected chi connectivity index (χ4v) is 3.55. The van der Waals surface area contributed by atoms with E-state index in [4.69, 9.17) is 11.6 Å². The second-order valence-electron chi connectivity index (χ2n) is 7.88. The predicted octanol–water partition coefficient (Wildman–Crippen LogP) is 2.52. The maximum atomic E-state index is 12.6. The molecule has 1 atom stereocenters. The highest BCUT2D eigenvalue weighted by Gasteiger charge is 2.23. The molecule has 0 aliphatic carbocycles. The number of carbonyl (C=O) groups excluding carboxylic acids is 3. The smallest absolute Gasteiger partial charge is 0.328 e. The first-order chi connectivity index (χ1) is 17.2. The minimum Gasteiger partial charge on any atom is -0.508 e. The van der Waals surface area contributed by atoms with Crippen molar-refractivity contribution in [2.24, 2.45) is 0 Å². The minimum absolute atomic E-state index is 0.0249. The summed E-state index contributed by atoms with van der Waals surface area (Å²) in [6.07, 6.45) is 0.0713. The number of benzene rings is 3. The normalized spacial score (nSPS) is 11.2. The molecule has 10 heteroatoms. The molecule has 9 nitrogen and oxygen atoms in total. The van der Waals surface area contributed by atoms with Crippen molar-refractivity contribution in [3.8, 4) is 5.75 Å². The summed E-state index contributed by atoms with van der Waals surface area (Å²) in [6, 6.07) is 18.0. The van der Waals surface area contributed by atoms with E-state index in [-0.39, 0.29) is 47.3 Å². The van der Waals surface area contributed by atoms with Crippen LogP contribution in [0.2, 0.25) is 5.02 Å². The van der Waals surface area contributed by atoms with Crippen molar-refractivity contribution in [3.05, 3.63) is 100 Å². The summed E-state index contributed by atoms with van der Waals surface area (Å²) in [7, 11) is 0. The molecule has 3 amide bonds. The molecular weight excluding hydrogens is 486 g/mol. The van der Waals surface area contributed by atoms with Gasteiger partial charge in [-0.2, -0.15) is 0 Å². The van der Waals surface area contributed by atoms with E-state index in [9.17, 15) is 29.4 Å². The number of hydrogen-bond donors (Lipinski definition) is 5. The molecule has 0 radical (unpaired) electrons. The number of carboxylic acid groups (broad SMARTS) is 1. The Balaban J connectivity index is 1.57. The Morgan fingerprint density at radius 3 is 2.22 bits per heavy atom. The zero-order valence-corrected chi connectivity index (χ0v) is 19.8. The van der Waals surface area contributed by atoms with E-state index in [2.05, 4.69) is 16.0 Å². The molecule has 0 saturated heterocycles.